The molecule has 1 aromatic heterocycles. The number of alkyl halides is 6. The molecule has 27 heavy (non-hydrogen) atoms. The second-order valence-corrected chi connectivity index (χ2v) is 5.12. The summed E-state index contributed by atoms with van der Waals surface area (Å²) in [6, 6.07) is 5.06. The fourth-order valence-electron chi connectivity index (χ4n) is 1.95. The van der Waals surface area contributed by atoms with Crippen LogP contribution in [0.4, 0.5) is 26.3 Å². The van der Waals surface area contributed by atoms with Crippen molar-refractivity contribution >= 4 is 12.1 Å². The highest BCUT2D eigenvalue weighted by atomic mass is 19.4. The van der Waals surface area contributed by atoms with Crippen LogP contribution in [0.2, 0.25) is 0 Å². The number of benzene rings is 1. The Labute approximate surface area is 147 Å². The molecule has 0 spiro atoms. The van der Waals surface area contributed by atoms with Gasteiger partial charge in [-0.3, -0.25) is 4.79 Å². The summed E-state index contributed by atoms with van der Waals surface area (Å²) in [7, 11) is 0. The van der Waals surface area contributed by atoms with Crippen LogP contribution in [0.5, 0.6) is 0 Å². The molecule has 0 aliphatic rings. The fourth-order valence-corrected chi connectivity index (χ4v) is 1.95. The minimum atomic E-state index is -4.97. The maximum atomic E-state index is 12.9. The molecule has 2 aromatic rings. The molecule has 0 aliphatic carbocycles. The lowest BCUT2D eigenvalue weighted by atomic mass is 10.0. The van der Waals surface area contributed by atoms with Crippen LogP contribution in [0.3, 0.4) is 0 Å². The number of carbonyl (C=O) groups excluding carboxylic acids is 1. The lowest BCUT2D eigenvalue weighted by Gasteiger charge is -2.13. The van der Waals surface area contributed by atoms with Gasteiger partial charge in [0.15, 0.2) is 0 Å². The van der Waals surface area contributed by atoms with Gasteiger partial charge in [0.05, 0.1) is 23.4 Å². The second-order valence-electron chi connectivity index (χ2n) is 5.12. The zero-order chi connectivity index (χ0) is 20.2. The van der Waals surface area contributed by atoms with E-state index in [9.17, 15) is 31.1 Å². The predicted molar refractivity (Wildman–Crippen MR) is 80.1 cm³/mol. The molecule has 1 heterocycles. The molecule has 0 bridgehead atoms. The first-order valence-electron chi connectivity index (χ1n) is 7.09. The molecule has 0 aliphatic heterocycles. The number of nitrogens with one attached hydrogen (secondary N) is 1. The highest BCUT2D eigenvalue weighted by Crippen LogP contribution is 2.38. The molecule has 0 unspecified atom stereocenters. The summed E-state index contributed by atoms with van der Waals surface area (Å²) in [4.78, 5) is 11.0. The molecule has 11 heteroatoms. The summed E-state index contributed by atoms with van der Waals surface area (Å²) in [5.41, 5.74) is -1.38. The molecule has 2 rings (SSSR count). The average Bonchev–Trinajstić information content (AvgIpc) is 3.02. The molecule has 0 atom stereocenters. The van der Waals surface area contributed by atoms with E-state index in [1.165, 1.54) is 6.07 Å². The molecule has 142 valence electrons. The molecular weight excluding hydrogens is 380 g/mol. The summed E-state index contributed by atoms with van der Waals surface area (Å²) >= 11 is 0. The normalized spacial score (nSPS) is 12.2. The topological polar surface area (TPSA) is 78.4 Å². The Bertz CT molecular complexity index is 874. The first-order chi connectivity index (χ1) is 12.5. The van der Waals surface area contributed by atoms with Crippen LogP contribution in [0.25, 0.3) is 11.3 Å². The predicted octanol–water partition coefficient (Wildman–Crippen LogP) is 4.35. The van der Waals surface area contributed by atoms with Crippen molar-refractivity contribution in [3.8, 4) is 17.4 Å². The summed E-state index contributed by atoms with van der Waals surface area (Å²) < 4.78 is 82.4. The van der Waals surface area contributed by atoms with E-state index >= 15 is 0 Å². The highest BCUT2D eigenvalue weighted by Gasteiger charge is 2.37. The molecule has 1 N–H and O–H groups in total. The third-order valence-electron chi connectivity index (χ3n) is 3.12. The number of hydrogen-bond donors (Lipinski definition) is 1. The zero-order valence-electron chi connectivity index (χ0n) is 13.1. The minimum absolute atomic E-state index is 0.0134. The Kier molecular flexibility index (Phi) is 5.58. The van der Waals surface area contributed by atoms with E-state index < -0.39 is 41.4 Å². The smallest absolute Gasteiger partial charge is 0.416 e. The number of hydrogen-bond acceptors (Lipinski definition) is 4. The molecular formula is C16H9F6N3O2. The van der Waals surface area contributed by atoms with Gasteiger partial charge in [-0.05, 0) is 30.3 Å². The summed E-state index contributed by atoms with van der Waals surface area (Å²) in [6.07, 6.45) is -9.40. The Balaban J connectivity index is 2.33. The Hall–Kier alpha value is -3.29. The number of nitrogens with zero attached hydrogens (tertiary/aromatic N) is 2. The zero-order valence-corrected chi connectivity index (χ0v) is 13.1. The van der Waals surface area contributed by atoms with Crippen LogP contribution >= 0.6 is 0 Å². The third-order valence-corrected chi connectivity index (χ3v) is 3.12. The van der Waals surface area contributed by atoms with E-state index in [-0.39, 0.29) is 17.6 Å². The first kappa shape index (κ1) is 20.0. The molecule has 0 saturated heterocycles. The highest BCUT2D eigenvalue weighted by molar-refractivity contribution is 5.82. The van der Waals surface area contributed by atoms with E-state index in [4.69, 9.17) is 9.68 Å². The number of hydrazone groups is 1. The van der Waals surface area contributed by atoms with Crippen molar-refractivity contribution in [2.45, 2.75) is 18.8 Å². The van der Waals surface area contributed by atoms with E-state index in [2.05, 4.69) is 5.10 Å². The molecule has 0 fully saturated rings. The molecule has 0 saturated carbocycles. The Morgan fingerprint density at radius 3 is 2.22 bits per heavy atom. The SMILES string of the molecule is N#CCC(=O)N/N=C/c1ccc(-c2cc(C(F)(F)F)cc(C(F)(F)F)c2)o1. The number of rotatable bonds is 4. The van der Waals surface area contributed by atoms with Crippen molar-refractivity contribution in [1.82, 2.24) is 5.43 Å². The van der Waals surface area contributed by atoms with E-state index in [1.54, 1.807) is 6.07 Å². The fraction of sp³-hybridized carbons (Fsp3) is 0.188. The number of carbonyl (C=O) groups is 1. The number of halogens is 6. The number of furan rings is 1. The van der Waals surface area contributed by atoms with Crippen LogP contribution in [0, 0.1) is 11.3 Å². The second kappa shape index (κ2) is 7.53. The van der Waals surface area contributed by atoms with Gasteiger partial charge in [-0.25, -0.2) is 5.43 Å². The van der Waals surface area contributed by atoms with Crippen molar-refractivity contribution in [2.75, 3.05) is 0 Å². The summed E-state index contributed by atoms with van der Waals surface area (Å²) in [5, 5.41) is 11.8. The van der Waals surface area contributed by atoms with Crippen molar-refractivity contribution in [3.63, 3.8) is 0 Å². The van der Waals surface area contributed by atoms with Gasteiger partial charge in [-0.1, -0.05) is 0 Å². The lowest BCUT2D eigenvalue weighted by Crippen LogP contribution is -2.15. The molecule has 0 radical (unpaired) electrons. The Morgan fingerprint density at radius 2 is 1.70 bits per heavy atom. The summed E-state index contributed by atoms with van der Waals surface area (Å²) in [6.45, 7) is 0. The van der Waals surface area contributed by atoms with Gasteiger partial charge in [-0.15, -0.1) is 0 Å². The largest absolute Gasteiger partial charge is 0.455 e. The van der Waals surface area contributed by atoms with Crippen LogP contribution < -0.4 is 5.43 Å². The third kappa shape index (κ3) is 5.34. The van der Waals surface area contributed by atoms with Crippen LogP contribution in [-0.4, -0.2) is 12.1 Å². The maximum absolute atomic E-state index is 12.9. The van der Waals surface area contributed by atoms with Crippen LogP contribution in [0.1, 0.15) is 23.3 Å². The van der Waals surface area contributed by atoms with E-state index in [0.29, 0.717) is 12.1 Å². The Morgan fingerprint density at radius 1 is 1.11 bits per heavy atom. The van der Waals surface area contributed by atoms with E-state index in [0.717, 1.165) is 12.3 Å². The van der Waals surface area contributed by atoms with E-state index in [1.807, 2.05) is 5.43 Å². The van der Waals surface area contributed by atoms with Gasteiger partial charge < -0.3 is 4.42 Å². The van der Waals surface area contributed by atoms with Gasteiger partial charge in [0.2, 0.25) is 0 Å². The monoisotopic (exact) mass is 389 g/mol. The van der Waals surface area contributed by atoms with Gasteiger partial charge in [0, 0.05) is 5.56 Å². The molecule has 1 amide bonds. The standard InChI is InChI=1S/C16H9F6N3O2/c17-15(18,19)10-5-9(6-11(7-10)16(20,21)22)13-2-1-12(27-13)8-24-25-14(26)3-4-23/h1-2,5-8H,3H2,(H,25,26)/b24-8+. The number of nitriles is 1. The minimum Gasteiger partial charge on any atom is -0.455 e. The average molecular weight is 389 g/mol. The van der Waals surface area contributed by atoms with Gasteiger partial charge in [0.25, 0.3) is 5.91 Å². The molecule has 5 nitrogen and oxygen atoms in total. The lowest BCUT2D eigenvalue weighted by molar-refractivity contribution is -0.143. The summed E-state index contributed by atoms with van der Waals surface area (Å²) in [5.74, 6) is -0.988. The van der Waals surface area contributed by atoms with Crippen molar-refractivity contribution in [2.24, 2.45) is 5.10 Å². The van der Waals surface area contributed by atoms with Gasteiger partial charge >= 0.3 is 12.4 Å². The quantitative estimate of drug-likeness (QED) is 0.480. The first-order valence-corrected chi connectivity index (χ1v) is 7.09. The van der Waals surface area contributed by atoms with Crippen molar-refractivity contribution in [3.05, 3.63) is 47.2 Å². The molecule has 1 aromatic carbocycles. The van der Waals surface area contributed by atoms with Crippen LogP contribution in [-0.2, 0) is 17.1 Å². The van der Waals surface area contributed by atoms with Crippen molar-refractivity contribution in [1.29, 1.82) is 5.26 Å². The van der Waals surface area contributed by atoms with Gasteiger partial charge in [0.1, 0.15) is 17.9 Å². The maximum Gasteiger partial charge on any atom is 0.416 e. The van der Waals surface area contributed by atoms with Crippen LogP contribution in [0.15, 0.2) is 39.9 Å². The van der Waals surface area contributed by atoms with Gasteiger partial charge in [-0.2, -0.15) is 36.7 Å². The number of amides is 1. The van der Waals surface area contributed by atoms with Crippen molar-refractivity contribution < 1.29 is 35.6 Å².